The number of nitrogens with two attached hydrogens (primary N) is 1. The Morgan fingerprint density at radius 3 is 2.27 bits per heavy atom. The highest BCUT2D eigenvalue weighted by Gasteiger charge is 2.14. The highest BCUT2D eigenvalue weighted by molar-refractivity contribution is 5.99. The summed E-state index contributed by atoms with van der Waals surface area (Å²) in [6.45, 7) is 0. The van der Waals surface area contributed by atoms with Gasteiger partial charge >= 0.3 is 5.97 Å². The molecule has 4 heteroatoms. The Balaban J connectivity index is 1.92. The summed E-state index contributed by atoms with van der Waals surface area (Å²) in [4.78, 5) is 23.6. The molecule has 0 saturated heterocycles. The lowest BCUT2D eigenvalue weighted by Crippen LogP contribution is -2.15. The van der Waals surface area contributed by atoms with Crippen molar-refractivity contribution >= 4 is 22.6 Å². The third kappa shape index (κ3) is 2.67. The lowest BCUT2D eigenvalue weighted by Gasteiger charge is -2.08. The van der Waals surface area contributed by atoms with Gasteiger partial charge in [-0.15, -0.1) is 0 Å². The van der Waals surface area contributed by atoms with Crippen molar-refractivity contribution in [2.45, 2.75) is 0 Å². The van der Waals surface area contributed by atoms with Crippen molar-refractivity contribution in [3.63, 3.8) is 0 Å². The molecule has 2 N–H and O–H groups in total. The number of hydrogen-bond acceptors (Lipinski definition) is 3. The van der Waals surface area contributed by atoms with E-state index in [9.17, 15) is 9.59 Å². The molecular weight excluding hydrogens is 278 g/mol. The van der Waals surface area contributed by atoms with Gasteiger partial charge in [0, 0.05) is 0 Å². The monoisotopic (exact) mass is 291 g/mol. The molecule has 0 radical (unpaired) electrons. The van der Waals surface area contributed by atoms with E-state index in [4.69, 9.17) is 10.5 Å². The van der Waals surface area contributed by atoms with Crippen LogP contribution in [0.5, 0.6) is 5.75 Å². The molecular formula is C18H13NO3. The average Bonchev–Trinajstić information content (AvgIpc) is 2.54. The van der Waals surface area contributed by atoms with Crippen LogP contribution >= 0.6 is 0 Å². The lowest BCUT2D eigenvalue weighted by molar-refractivity contribution is 0.0733. The van der Waals surface area contributed by atoms with Crippen molar-refractivity contribution in [3.8, 4) is 5.75 Å². The fourth-order valence-corrected chi connectivity index (χ4v) is 2.23. The fourth-order valence-electron chi connectivity index (χ4n) is 2.23. The number of amides is 1. The fraction of sp³-hybridized carbons (Fsp3) is 0. The Bertz CT molecular complexity index is 871. The second-order valence-electron chi connectivity index (χ2n) is 4.81. The van der Waals surface area contributed by atoms with Gasteiger partial charge in [-0.3, -0.25) is 4.79 Å². The number of hydrogen-bond donors (Lipinski definition) is 1. The van der Waals surface area contributed by atoms with Gasteiger partial charge in [0.1, 0.15) is 5.75 Å². The van der Waals surface area contributed by atoms with Crippen LogP contribution in [-0.2, 0) is 0 Å². The summed E-state index contributed by atoms with van der Waals surface area (Å²) in [7, 11) is 0. The summed E-state index contributed by atoms with van der Waals surface area (Å²) < 4.78 is 5.30. The SMILES string of the molecule is NC(=O)c1ccccc1OC(=O)c1ccc2ccccc2c1. The van der Waals surface area contributed by atoms with Crippen LogP contribution in [0.15, 0.2) is 66.7 Å². The number of ether oxygens (including phenoxy) is 1. The minimum atomic E-state index is -0.637. The predicted molar refractivity (Wildman–Crippen MR) is 83.9 cm³/mol. The van der Waals surface area contributed by atoms with E-state index in [1.54, 1.807) is 30.3 Å². The van der Waals surface area contributed by atoms with E-state index in [1.807, 2.05) is 30.3 Å². The molecule has 1 amide bonds. The summed E-state index contributed by atoms with van der Waals surface area (Å²) in [5.41, 5.74) is 5.87. The number of para-hydroxylation sites is 1. The van der Waals surface area contributed by atoms with Crippen LogP contribution in [-0.4, -0.2) is 11.9 Å². The molecule has 0 aliphatic heterocycles. The second-order valence-corrected chi connectivity index (χ2v) is 4.81. The summed E-state index contributed by atoms with van der Waals surface area (Å²) in [5, 5.41) is 1.98. The summed E-state index contributed by atoms with van der Waals surface area (Å²) in [6.07, 6.45) is 0. The molecule has 0 aliphatic carbocycles. The Kier molecular flexibility index (Phi) is 3.58. The van der Waals surface area contributed by atoms with Gasteiger partial charge < -0.3 is 10.5 Å². The van der Waals surface area contributed by atoms with E-state index < -0.39 is 11.9 Å². The van der Waals surface area contributed by atoms with Crippen molar-refractivity contribution in [2.75, 3.05) is 0 Å². The summed E-state index contributed by atoms with van der Waals surface area (Å²) in [6, 6.07) is 19.4. The highest BCUT2D eigenvalue weighted by atomic mass is 16.5. The molecule has 0 unspecified atom stereocenters. The molecule has 0 heterocycles. The Morgan fingerprint density at radius 2 is 1.50 bits per heavy atom. The van der Waals surface area contributed by atoms with Gasteiger partial charge in [-0.2, -0.15) is 0 Å². The number of fused-ring (bicyclic) bond motifs is 1. The molecule has 3 rings (SSSR count). The van der Waals surface area contributed by atoms with Crippen molar-refractivity contribution in [2.24, 2.45) is 5.73 Å². The highest BCUT2D eigenvalue weighted by Crippen LogP contribution is 2.20. The summed E-state index contributed by atoms with van der Waals surface area (Å²) >= 11 is 0. The van der Waals surface area contributed by atoms with Gasteiger partial charge in [-0.05, 0) is 35.0 Å². The standard InChI is InChI=1S/C18H13NO3/c19-17(20)15-7-3-4-8-16(15)22-18(21)14-10-9-12-5-1-2-6-13(12)11-14/h1-11H,(H2,19,20). The number of benzene rings is 3. The van der Waals surface area contributed by atoms with Crippen LogP contribution in [0.3, 0.4) is 0 Å². The zero-order chi connectivity index (χ0) is 15.5. The predicted octanol–water partition coefficient (Wildman–Crippen LogP) is 3.16. The topological polar surface area (TPSA) is 69.4 Å². The van der Waals surface area contributed by atoms with Crippen molar-refractivity contribution < 1.29 is 14.3 Å². The van der Waals surface area contributed by atoms with E-state index >= 15 is 0 Å². The smallest absolute Gasteiger partial charge is 0.343 e. The molecule has 3 aromatic rings. The number of carbonyl (C=O) groups excluding carboxylic acids is 2. The van der Waals surface area contributed by atoms with E-state index in [0.29, 0.717) is 5.56 Å². The number of carbonyl (C=O) groups is 2. The summed E-state index contributed by atoms with van der Waals surface area (Å²) in [5.74, 6) is -1.01. The quantitative estimate of drug-likeness (QED) is 0.595. The first-order chi connectivity index (χ1) is 10.6. The van der Waals surface area contributed by atoms with E-state index in [-0.39, 0.29) is 11.3 Å². The Morgan fingerprint density at radius 1 is 0.818 bits per heavy atom. The maximum Gasteiger partial charge on any atom is 0.343 e. The number of primary amides is 1. The van der Waals surface area contributed by atoms with Crippen LogP contribution in [0.2, 0.25) is 0 Å². The zero-order valence-corrected chi connectivity index (χ0v) is 11.7. The van der Waals surface area contributed by atoms with Crippen LogP contribution in [0.25, 0.3) is 10.8 Å². The molecule has 22 heavy (non-hydrogen) atoms. The van der Waals surface area contributed by atoms with E-state index in [2.05, 4.69) is 0 Å². The lowest BCUT2D eigenvalue weighted by atomic mass is 10.1. The first-order valence-electron chi connectivity index (χ1n) is 6.75. The Labute approximate surface area is 127 Å². The van der Waals surface area contributed by atoms with E-state index in [0.717, 1.165) is 10.8 Å². The first kappa shape index (κ1) is 13.8. The molecule has 4 nitrogen and oxygen atoms in total. The molecule has 108 valence electrons. The number of esters is 1. The van der Waals surface area contributed by atoms with Gasteiger partial charge in [0.15, 0.2) is 0 Å². The van der Waals surface area contributed by atoms with Gasteiger partial charge in [0.2, 0.25) is 0 Å². The second kappa shape index (κ2) is 5.69. The molecule has 0 atom stereocenters. The maximum absolute atomic E-state index is 12.3. The van der Waals surface area contributed by atoms with E-state index in [1.165, 1.54) is 6.07 Å². The Hall–Kier alpha value is -3.14. The first-order valence-corrected chi connectivity index (χ1v) is 6.75. The minimum Gasteiger partial charge on any atom is -0.422 e. The minimum absolute atomic E-state index is 0.160. The average molecular weight is 291 g/mol. The van der Waals surface area contributed by atoms with Crippen molar-refractivity contribution in [3.05, 3.63) is 77.9 Å². The third-order valence-electron chi connectivity index (χ3n) is 3.34. The molecule has 0 fully saturated rings. The van der Waals surface area contributed by atoms with Crippen LogP contribution in [0.1, 0.15) is 20.7 Å². The molecule has 0 saturated carbocycles. The molecule has 0 spiro atoms. The van der Waals surface area contributed by atoms with Gasteiger partial charge in [-0.1, -0.05) is 42.5 Å². The van der Waals surface area contributed by atoms with Crippen molar-refractivity contribution in [1.29, 1.82) is 0 Å². The normalized spacial score (nSPS) is 10.4. The maximum atomic E-state index is 12.3. The van der Waals surface area contributed by atoms with Crippen molar-refractivity contribution in [1.82, 2.24) is 0 Å². The zero-order valence-electron chi connectivity index (χ0n) is 11.7. The van der Waals surface area contributed by atoms with Gasteiger partial charge in [0.05, 0.1) is 11.1 Å². The van der Waals surface area contributed by atoms with Gasteiger partial charge in [0.25, 0.3) is 5.91 Å². The van der Waals surface area contributed by atoms with Gasteiger partial charge in [-0.25, -0.2) is 4.79 Å². The number of rotatable bonds is 3. The molecule has 3 aromatic carbocycles. The molecule has 0 aliphatic rings. The van der Waals surface area contributed by atoms with Crippen LogP contribution in [0, 0.1) is 0 Å². The van der Waals surface area contributed by atoms with Crippen LogP contribution in [0.4, 0.5) is 0 Å². The third-order valence-corrected chi connectivity index (χ3v) is 3.34. The molecule has 0 bridgehead atoms. The van der Waals surface area contributed by atoms with Crippen LogP contribution < -0.4 is 10.5 Å². The largest absolute Gasteiger partial charge is 0.422 e. The molecule has 0 aromatic heterocycles.